The molecule has 0 aliphatic carbocycles. The maximum absolute atomic E-state index is 15.4. The van der Waals surface area contributed by atoms with Crippen LogP contribution in [0, 0.1) is 17.5 Å². The fraction of sp³-hybridized carbons (Fsp3) is 0.400. The largest absolute Gasteiger partial charge is 0.495 e. The van der Waals surface area contributed by atoms with Gasteiger partial charge in [0.2, 0.25) is 5.96 Å². The van der Waals surface area contributed by atoms with Crippen molar-refractivity contribution >= 4 is 41.5 Å². The maximum Gasteiger partial charge on any atom is 0.434 e. The first-order valence-corrected chi connectivity index (χ1v) is 19.0. The maximum atomic E-state index is 15.4. The zero-order chi connectivity index (χ0) is 41.6. The van der Waals surface area contributed by atoms with Gasteiger partial charge in [0.25, 0.3) is 0 Å². The number of guanidine groups is 1. The number of nitrogens with one attached hydrogen (secondary N) is 1. The number of hydrogen-bond acceptors (Lipinski definition) is 7. The summed E-state index contributed by atoms with van der Waals surface area (Å²) in [5.41, 5.74) is -0.414. The summed E-state index contributed by atoms with van der Waals surface area (Å²) in [6, 6.07) is 13.5. The van der Waals surface area contributed by atoms with Gasteiger partial charge >= 0.3 is 12.2 Å². The van der Waals surface area contributed by atoms with E-state index in [1.54, 1.807) is 65.9 Å². The van der Waals surface area contributed by atoms with E-state index in [0.29, 0.717) is 21.6 Å². The Kier molecular flexibility index (Phi) is 14.0. The molecule has 4 rings (SSSR count). The first-order valence-electron chi connectivity index (χ1n) is 17.6. The van der Waals surface area contributed by atoms with Crippen molar-refractivity contribution in [3.8, 4) is 17.2 Å². The van der Waals surface area contributed by atoms with E-state index in [0.717, 1.165) is 40.1 Å². The molecule has 302 valence electrons. The van der Waals surface area contributed by atoms with E-state index in [4.69, 9.17) is 25.8 Å². The van der Waals surface area contributed by atoms with Crippen molar-refractivity contribution in [3.05, 3.63) is 100 Å². The smallest absolute Gasteiger partial charge is 0.434 e. The summed E-state index contributed by atoms with van der Waals surface area (Å²) in [4.78, 5) is 33.8. The molecule has 0 atom stereocenters. The number of aliphatic imine (C=N–C) groups is 1. The Morgan fingerprint density at radius 2 is 1.62 bits per heavy atom. The number of halogens is 4. The quantitative estimate of drug-likeness (QED) is 0.0622. The fourth-order valence-corrected chi connectivity index (χ4v) is 6.76. The third-order valence-corrected chi connectivity index (χ3v) is 9.61. The van der Waals surface area contributed by atoms with E-state index in [-0.39, 0.29) is 42.6 Å². The van der Waals surface area contributed by atoms with E-state index in [1.807, 2.05) is 30.5 Å². The fourth-order valence-electron chi connectivity index (χ4n) is 5.56. The number of hydrogen-bond donors (Lipinski definition) is 2. The highest BCUT2D eigenvalue weighted by molar-refractivity contribution is 7.98. The number of amides is 2. The predicted octanol–water partition coefficient (Wildman–Crippen LogP) is 10.00. The average Bonchev–Trinajstić information content (AvgIpc) is 3.51. The Bertz CT molecular complexity index is 2040. The summed E-state index contributed by atoms with van der Waals surface area (Å²) >= 11 is 7.40. The summed E-state index contributed by atoms with van der Waals surface area (Å²) < 4.78 is 63.2. The lowest BCUT2D eigenvalue weighted by molar-refractivity contribution is 0.0241. The lowest BCUT2D eigenvalue weighted by Crippen LogP contribution is -2.56. The molecule has 11 nitrogen and oxygen atoms in total. The Balaban J connectivity index is 1.48. The topological polar surface area (TPSA) is 128 Å². The summed E-state index contributed by atoms with van der Waals surface area (Å²) in [5.74, 6) is -1.98. The zero-order valence-electron chi connectivity index (χ0n) is 32.8. The molecule has 0 spiro atoms. The minimum atomic E-state index is -1.52. The summed E-state index contributed by atoms with van der Waals surface area (Å²) in [6.45, 7) is 14.2. The molecule has 56 heavy (non-hydrogen) atoms. The molecule has 2 N–H and O–H groups in total. The van der Waals surface area contributed by atoms with Crippen LogP contribution < -0.4 is 14.8 Å². The SMILES string of the molecule is COc1cc(C(C)(C)c2cnc(SCc3c(F)cc(OCCCNC(=NC(=O)O)N(C(=O)OC(C)(C)C)C(C)(C)C)cc3F)n2-c2ccc(F)cc2)ccc1Cl. The van der Waals surface area contributed by atoms with Crippen LogP contribution in [0.4, 0.5) is 22.8 Å². The van der Waals surface area contributed by atoms with Crippen LogP contribution >= 0.6 is 23.4 Å². The first-order chi connectivity index (χ1) is 26.1. The van der Waals surface area contributed by atoms with Gasteiger partial charge in [0.15, 0.2) is 5.16 Å². The van der Waals surface area contributed by atoms with Crippen molar-refractivity contribution in [2.75, 3.05) is 20.3 Å². The first kappa shape index (κ1) is 43.8. The molecule has 1 heterocycles. The summed E-state index contributed by atoms with van der Waals surface area (Å²) in [5, 5.41) is 13.1. The van der Waals surface area contributed by atoms with Crippen LogP contribution in [0.5, 0.6) is 11.5 Å². The number of aromatic nitrogens is 2. The highest BCUT2D eigenvalue weighted by atomic mass is 35.5. The molecule has 0 radical (unpaired) electrons. The van der Waals surface area contributed by atoms with Gasteiger partial charge in [-0.05, 0) is 89.9 Å². The van der Waals surface area contributed by atoms with Gasteiger partial charge in [0.05, 0.1) is 30.6 Å². The van der Waals surface area contributed by atoms with Crippen molar-refractivity contribution < 1.29 is 42.1 Å². The second-order valence-electron chi connectivity index (χ2n) is 15.2. The highest BCUT2D eigenvalue weighted by Gasteiger charge is 2.35. The van der Waals surface area contributed by atoms with Crippen LogP contribution in [0.25, 0.3) is 5.69 Å². The van der Waals surface area contributed by atoms with Gasteiger partial charge in [-0.25, -0.2) is 32.6 Å². The third-order valence-electron chi connectivity index (χ3n) is 8.32. The molecule has 2 amide bonds. The number of ether oxygens (including phenoxy) is 3. The lowest BCUT2D eigenvalue weighted by atomic mass is 9.81. The van der Waals surface area contributed by atoms with Gasteiger partial charge in [0, 0.05) is 46.6 Å². The van der Waals surface area contributed by atoms with E-state index >= 15 is 8.78 Å². The number of rotatable bonds is 12. The standard InChI is InChI=1S/C40H47ClF3N5O6S/c1-38(2,3)49(37(52)55-39(4,5)6)34(47-36(50)51)45-17-10-18-54-27-20-30(43)28(31(44)21-27)23-56-35-46-22-33(48(35)26-14-12-25(42)13-15-26)40(7,8)24-11-16-29(41)32(19-24)53-9/h11-16,19-22H,10,17-18,23H2,1-9H3,(H,45,47)(H,50,51). The third kappa shape index (κ3) is 11.1. The van der Waals surface area contributed by atoms with Gasteiger partial charge in [0.1, 0.15) is 34.6 Å². The number of methoxy groups -OCH3 is 1. The molecule has 0 unspecified atom stereocenters. The summed E-state index contributed by atoms with van der Waals surface area (Å²) in [6.07, 6.45) is -0.381. The van der Waals surface area contributed by atoms with E-state index in [9.17, 15) is 19.1 Å². The molecule has 16 heteroatoms. The van der Waals surface area contributed by atoms with Crippen LogP contribution in [0.3, 0.4) is 0 Å². The van der Waals surface area contributed by atoms with Gasteiger partial charge in [-0.1, -0.05) is 43.3 Å². The number of carbonyl (C=O) groups excluding carboxylic acids is 1. The number of imidazole rings is 1. The molecule has 0 saturated heterocycles. The molecule has 1 aromatic heterocycles. The molecular weight excluding hydrogens is 771 g/mol. The van der Waals surface area contributed by atoms with Crippen LogP contribution in [0.2, 0.25) is 5.02 Å². The number of carbonyl (C=O) groups is 2. The molecule has 0 aliphatic heterocycles. The van der Waals surface area contributed by atoms with Crippen LogP contribution in [0.1, 0.15) is 78.6 Å². The second-order valence-corrected chi connectivity index (χ2v) is 16.5. The minimum Gasteiger partial charge on any atom is -0.495 e. The Labute approximate surface area is 334 Å². The number of carboxylic acid groups (broad SMARTS) is 1. The van der Waals surface area contributed by atoms with Gasteiger partial charge < -0.3 is 24.6 Å². The molecule has 0 saturated carbocycles. The molecule has 0 fully saturated rings. The predicted molar refractivity (Wildman–Crippen MR) is 211 cm³/mol. The van der Waals surface area contributed by atoms with Crippen LogP contribution in [-0.2, 0) is 15.9 Å². The van der Waals surface area contributed by atoms with Crippen LogP contribution in [0.15, 0.2) is 70.9 Å². The Hall–Kier alpha value is -4.89. The van der Waals surface area contributed by atoms with Gasteiger partial charge in [-0.15, -0.1) is 4.99 Å². The molecule has 3 aromatic carbocycles. The number of thioether (sulfide) groups is 1. The molecule has 0 bridgehead atoms. The zero-order valence-corrected chi connectivity index (χ0v) is 34.4. The van der Waals surface area contributed by atoms with Crippen molar-refractivity contribution in [2.45, 2.75) is 89.3 Å². The number of nitrogens with zero attached hydrogens (tertiary/aromatic N) is 4. The highest BCUT2D eigenvalue weighted by Crippen LogP contribution is 2.39. The normalized spacial score (nSPS) is 12.3. The average molecular weight is 818 g/mol. The molecular formula is C40H47ClF3N5O6S. The molecule has 0 aliphatic rings. The van der Waals surface area contributed by atoms with E-state index in [2.05, 4.69) is 15.3 Å². The van der Waals surface area contributed by atoms with Crippen molar-refractivity contribution in [2.24, 2.45) is 4.99 Å². The van der Waals surface area contributed by atoms with Crippen molar-refractivity contribution in [3.63, 3.8) is 0 Å². The van der Waals surface area contributed by atoms with Crippen molar-refractivity contribution in [1.29, 1.82) is 0 Å². The Morgan fingerprint density at radius 1 is 0.982 bits per heavy atom. The van der Waals surface area contributed by atoms with Crippen LogP contribution in [-0.4, -0.2) is 69.1 Å². The second kappa shape index (κ2) is 17.9. The lowest BCUT2D eigenvalue weighted by Gasteiger charge is -2.37. The summed E-state index contributed by atoms with van der Waals surface area (Å²) in [7, 11) is 1.53. The number of benzene rings is 3. The van der Waals surface area contributed by atoms with Gasteiger partial charge in [-0.3, -0.25) is 4.57 Å². The van der Waals surface area contributed by atoms with Gasteiger partial charge in [-0.2, -0.15) is 0 Å². The van der Waals surface area contributed by atoms with Crippen molar-refractivity contribution in [1.82, 2.24) is 19.8 Å². The Morgan fingerprint density at radius 3 is 2.20 bits per heavy atom. The van der Waals surface area contributed by atoms with E-state index < -0.39 is 46.2 Å². The molecule has 4 aromatic rings. The minimum absolute atomic E-state index is 0.00452. The van der Waals surface area contributed by atoms with E-state index in [1.165, 1.54) is 19.2 Å². The monoisotopic (exact) mass is 817 g/mol.